The van der Waals surface area contributed by atoms with E-state index in [1.165, 1.54) is 16.0 Å². The molecule has 1 nitrogen and oxygen atoms in total. The molecule has 2 heteroatoms. The van der Waals surface area contributed by atoms with E-state index in [9.17, 15) is 4.79 Å². The van der Waals surface area contributed by atoms with Crippen LogP contribution in [0.15, 0.2) is 53.4 Å². The van der Waals surface area contributed by atoms with Crippen molar-refractivity contribution < 1.29 is 4.79 Å². The summed E-state index contributed by atoms with van der Waals surface area (Å²) in [4.78, 5) is 13.4. The van der Waals surface area contributed by atoms with Crippen LogP contribution in [0.25, 0.3) is 6.08 Å². The Bertz CT molecular complexity index is 634. The van der Waals surface area contributed by atoms with Gasteiger partial charge in [-0.25, -0.2) is 0 Å². The Labute approximate surface area is 131 Å². The number of hydrogen-bond donors (Lipinski definition) is 0. The highest BCUT2D eigenvalue weighted by atomic mass is 32.2. The van der Waals surface area contributed by atoms with E-state index >= 15 is 0 Å². The van der Waals surface area contributed by atoms with Crippen LogP contribution in [-0.2, 0) is 0 Å². The number of allylic oxidation sites excluding steroid dienone is 1. The summed E-state index contributed by atoms with van der Waals surface area (Å²) >= 11 is 1.78. The number of aryl methyl sites for hydroxylation is 2. The number of rotatable bonds is 5. The smallest absolute Gasteiger partial charge is 0.185 e. The zero-order valence-corrected chi connectivity index (χ0v) is 13.5. The summed E-state index contributed by atoms with van der Waals surface area (Å²) in [6.07, 6.45) is 3.53. The van der Waals surface area contributed by atoms with E-state index in [-0.39, 0.29) is 5.78 Å². The fourth-order valence-corrected chi connectivity index (χ4v) is 2.92. The molecule has 21 heavy (non-hydrogen) atoms. The Hall–Kier alpha value is -1.80. The molecule has 2 aromatic rings. The third-order valence-electron chi connectivity index (χ3n) is 3.12. The second kappa shape index (κ2) is 7.28. The summed E-state index contributed by atoms with van der Waals surface area (Å²) in [5, 5.41) is 0. The maximum Gasteiger partial charge on any atom is 0.185 e. The average molecular weight is 296 g/mol. The molecule has 108 valence electrons. The van der Waals surface area contributed by atoms with Crippen LogP contribution >= 0.6 is 11.8 Å². The summed E-state index contributed by atoms with van der Waals surface area (Å²) in [5.74, 6) is 1.09. The van der Waals surface area contributed by atoms with Crippen LogP contribution < -0.4 is 0 Å². The van der Waals surface area contributed by atoms with E-state index in [0.717, 1.165) is 16.9 Å². The van der Waals surface area contributed by atoms with E-state index in [1.807, 2.05) is 30.3 Å². The maximum atomic E-state index is 12.2. The van der Waals surface area contributed by atoms with E-state index in [0.29, 0.717) is 0 Å². The standard InChI is InChI=1S/C19H20OS/c1-4-21-18-8-6-17(7-9-18)19(20)10-5-16-12-14(2)11-15(3)13-16/h5-13H,4H2,1-3H3/b10-5+. The van der Waals surface area contributed by atoms with Gasteiger partial charge in [-0.05, 0) is 55.5 Å². The zero-order valence-electron chi connectivity index (χ0n) is 12.7. The number of benzene rings is 2. The quantitative estimate of drug-likeness (QED) is 0.422. The number of carbonyl (C=O) groups is 1. The van der Waals surface area contributed by atoms with Gasteiger partial charge >= 0.3 is 0 Å². The Balaban J connectivity index is 2.11. The highest BCUT2D eigenvalue weighted by molar-refractivity contribution is 7.99. The van der Waals surface area contributed by atoms with Crippen molar-refractivity contribution in [3.05, 3.63) is 70.8 Å². The lowest BCUT2D eigenvalue weighted by atomic mass is 10.1. The number of carbonyl (C=O) groups excluding carboxylic acids is 1. The third-order valence-corrected chi connectivity index (χ3v) is 4.02. The molecule has 0 heterocycles. The van der Waals surface area contributed by atoms with Gasteiger partial charge in [0.1, 0.15) is 0 Å². The Morgan fingerprint density at radius 1 is 1.05 bits per heavy atom. The molecule has 0 fully saturated rings. The van der Waals surface area contributed by atoms with Crippen LogP contribution in [0.5, 0.6) is 0 Å². The van der Waals surface area contributed by atoms with Gasteiger partial charge < -0.3 is 0 Å². The van der Waals surface area contributed by atoms with Crippen molar-refractivity contribution >= 4 is 23.6 Å². The number of thioether (sulfide) groups is 1. The topological polar surface area (TPSA) is 17.1 Å². The van der Waals surface area contributed by atoms with Crippen LogP contribution in [-0.4, -0.2) is 11.5 Å². The van der Waals surface area contributed by atoms with Gasteiger partial charge in [-0.1, -0.05) is 42.3 Å². The van der Waals surface area contributed by atoms with Crippen LogP contribution in [0.4, 0.5) is 0 Å². The van der Waals surface area contributed by atoms with Crippen LogP contribution in [0.1, 0.15) is 34.0 Å². The molecule has 0 aliphatic heterocycles. The monoisotopic (exact) mass is 296 g/mol. The first-order chi connectivity index (χ1) is 10.1. The normalized spacial score (nSPS) is 11.0. The number of ketones is 1. The van der Waals surface area contributed by atoms with E-state index in [2.05, 4.69) is 39.0 Å². The summed E-state index contributed by atoms with van der Waals surface area (Å²) in [7, 11) is 0. The largest absolute Gasteiger partial charge is 0.289 e. The van der Waals surface area contributed by atoms with Gasteiger partial charge in [-0.3, -0.25) is 4.79 Å². The first kappa shape index (κ1) is 15.6. The summed E-state index contributed by atoms with van der Waals surface area (Å²) in [6.45, 7) is 6.25. The van der Waals surface area contributed by atoms with Gasteiger partial charge in [0.25, 0.3) is 0 Å². The average Bonchev–Trinajstić information content (AvgIpc) is 2.45. The van der Waals surface area contributed by atoms with Crippen LogP contribution in [0.2, 0.25) is 0 Å². The van der Waals surface area contributed by atoms with Crippen molar-refractivity contribution in [2.75, 3.05) is 5.75 Å². The van der Waals surface area contributed by atoms with Crippen molar-refractivity contribution in [2.45, 2.75) is 25.7 Å². The molecule has 0 radical (unpaired) electrons. The molecule has 2 aromatic carbocycles. The molecular formula is C19H20OS. The molecule has 0 spiro atoms. The summed E-state index contributed by atoms with van der Waals surface area (Å²) in [6, 6.07) is 14.1. The van der Waals surface area contributed by atoms with Crippen molar-refractivity contribution in [3.8, 4) is 0 Å². The first-order valence-corrected chi connectivity index (χ1v) is 8.10. The molecular weight excluding hydrogens is 276 g/mol. The fraction of sp³-hybridized carbons (Fsp3) is 0.211. The van der Waals surface area contributed by atoms with Gasteiger partial charge in [-0.15, -0.1) is 11.8 Å². The lowest BCUT2D eigenvalue weighted by Crippen LogP contribution is -1.93. The van der Waals surface area contributed by atoms with Gasteiger partial charge in [0, 0.05) is 10.5 Å². The highest BCUT2D eigenvalue weighted by Gasteiger charge is 2.02. The minimum atomic E-state index is 0.0437. The minimum absolute atomic E-state index is 0.0437. The first-order valence-electron chi connectivity index (χ1n) is 7.12. The van der Waals surface area contributed by atoms with Crippen molar-refractivity contribution in [1.82, 2.24) is 0 Å². The summed E-state index contributed by atoms with van der Waals surface area (Å²) in [5.41, 5.74) is 4.22. The predicted molar refractivity (Wildman–Crippen MR) is 92.1 cm³/mol. The molecule has 0 aliphatic rings. The molecule has 0 N–H and O–H groups in total. The second-order valence-corrected chi connectivity index (χ2v) is 6.41. The molecule has 0 saturated heterocycles. The van der Waals surface area contributed by atoms with E-state index < -0.39 is 0 Å². The van der Waals surface area contributed by atoms with Crippen molar-refractivity contribution in [1.29, 1.82) is 0 Å². The molecule has 0 unspecified atom stereocenters. The fourth-order valence-electron chi connectivity index (χ4n) is 2.26. The molecule has 2 rings (SSSR count). The van der Waals surface area contributed by atoms with Crippen LogP contribution in [0.3, 0.4) is 0 Å². The van der Waals surface area contributed by atoms with E-state index in [4.69, 9.17) is 0 Å². The lowest BCUT2D eigenvalue weighted by Gasteiger charge is -2.01. The van der Waals surface area contributed by atoms with Crippen molar-refractivity contribution in [3.63, 3.8) is 0 Å². The van der Waals surface area contributed by atoms with E-state index in [1.54, 1.807) is 17.8 Å². The molecule has 0 aliphatic carbocycles. The van der Waals surface area contributed by atoms with Crippen LogP contribution in [0, 0.1) is 13.8 Å². The van der Waals surface area contributed by atoms with Crippen molar-refractivity contribution in [2.24, 2.45) is 0 Å². The van der Waals surface area contributed by atoms with Gasteiger partial charge in [-0.2, -0.15) is 0 Å². The minimum Gasteiger partial charge on any atom is -0.289 e. The Morgan fingerprint density at radius 2 is 1.67 bits per heavy atom. The maximum absolute atomic E-state index is 12.2. The lowest BCUT2D eigenvalue weighted by molar-refractivity contribution is 0.104. The Morgan fingerprint density at radius 3 is 2.24 bits per heavy atom. The molecule has 0 saturated carbocycles. The van der Waals surface area contributed by atoms with Gasteiger partial charge in [0.2, 0.25) is 0 Å². The van der Waals surface area contributed by atoms with Gasteiger partial charge in [0.05, 0.1) is 0 Å². The van der Waals surface area contributed by atoms with Gasteiger partial charge in [0.15, 0.2) is 5.78 Å². The SMILES string of the molecule is CCSc1ccc(C(=O)/C=C/c2cc(C)cc(C)c2)cc1. The molecule has 0 bridgehead atoms. The summed E-state index contributed by atoms with van der Waals surface area (Å²) < 4.78 is 0. The molecule has 0 amide bonds. The molecule has 0 atom stereocenters. The Kier molecular flexibility index (Phi) is 5.40. The number of hydrogen-bond acceptors (Lipinski definition) is 2. The zero-order chi connectivity index (χ0) is 15.2. The predicted octanol–water partition coefficient (Wildman–Crippen LogP) is 5.31. The second-order valence-electron chi connectivity index (χ2n) is 5.08. The molecule has 0 aromatic heterocycles. The highest BCUT2D eigenvalue weighted by Crippen LogP contribution is 2.18. The third kappa shape index (κ3) is 4.61.